The molecule has 4 fully saturated rings. The number of benzene rings is 10. The molecule has 0 spiro atoms. The van der Waals surface area contributed by atoms with E-state index >= 15 is 0 Å². The molecule has 10 aromatic rings. The second-order valence-corrected chi connectivity index (χ2v) is 33.8. The molecule has 4 heterocycles. The molecule has 0 saturated carbocycles. The smallest absolute Gasteiger partial charge is 0.0847 e. The Hall–Kier alpha value is -5.80. The summed E-state index contributed by atoms with van der Waals surface area (Å²) in [7, 11) is -0.970. The van der Waals surface area contributed by atoms with Gasteiger partial charge in [0.2, 0.25) is 0 Å². The van der Waals surface area contributed by atoms with Gasteiger partial charge in [-0.3, -0.25) is 4.44 Å². The van der Waals surface area contributed by atoms with Gasteiger partial charge < -0.3 is 0 Å². The van der Waals surface area contributed by atoms with Gasteiger partial charge in [-0.05, 0) is 197 Å². The van der Waals surface area contributed by atoms with Crippen LogP contribution in [0.1, 0.15) is 107 Å². The summed E-state index contributed by atoms with van der Waals surface area (Å²) in [4.78, 5) is 0. The summed E-state index contributed by atoms with van der Waals surface area (Å²) in [6, 6.07) is 89.6. The highest BCUT2D eigenvalue weighted by Gasteiger charge is 2.55. The average Bonchev–Trinajstić information content (AvgIpc) is 3.48. The van der Waals surface area contributed by atoms with Crippen LogP contribution in [0.3, 0.4) is 0 Å². The van der Waals surface area contributed by atoms with Crippen molar-refractivity contribution in [3.63, 3.8) is 0 Å². The van der Waals surface area contributed by atoms with Crippen LogP contribution in [0.15, 0.2) is 231 Å². The lowest BCUT2D eigenvalue weighted by Crippen LogP contribution is -2.43. The molecule has 0 aliphatic carbocycles. The van der Waals surface area contributed by atoms with Crippen LogP contribution >= 0.6 is 32.3 Å². The Balaban J connectivity index is 0.862. The molecular weight excluding hydrogens is 1120 g/mol. The van der Waals surface area contributed by atoms with Gasteiger partial charge in [-0.15, -0.1) is 0 Å². The van der Waals surface area contributed by atoms with E-state index < -0.39 is 32.3 Å². The molecule has 6 atom stereocenters. The highest BCUT2D eigenvalue weighted by molar-refractivity contribution is 7.80. The molecule has 0 bridgehead atoms. The van der Waals surface area contributed by atoms with Gasteiger partial charge in [0.05, 0.1) is 23.1 Å². The number of fused-ring (bicyclic) bond motifs is 4. The first-order valence-electron chi connectivity index (χ1n) is 31.4. The first-order chi connectivity index (χ1) is 42.2. The predicted octanol–water partition coefficient (Wildman–Crippen LogP) is 18.5. The summed E-state index contributed by atoms with van der Waals surface area (Å²) in [6.07, 6.45) is 5.96. The summed E-state index contributed by atoms with van der Waals surface area (Å²) in [6.45, 7) is 17.1. The van der Waals surface area contributed by atoms with Crippen LogP contribution in [-0.2, 0) is 0 Å². The van der Waals surface area contributed by atoms with Crippen LogP contribution in [0.5, 0.6) is 0 Å². The van der Waals surface area contributed by atoms with Crippen molar-refractivity contribution in [2.45, 2.75) is 89.9 Å². The number of rotatable bonds is 15. The number of hydrogen-bond donors (Lipinski definition) is 0. The van der Waals surface area contributed by atoms with Crippen LogP contribution < -0.4 is 21.2 Å². The van der Waals surface area contributed by atoms with Crippen LogP contribution in [-0.4, -0.2) is 68.7 Å². The lowest BCUT2D eigenvalue weighted by atomic mass is 9.93. The lowest BCUT2D eigenvalue weighted by molar-refractivity contribution is -0.0531. The van der Waals surface area contributed by atoms with Gasteiger partial charge in [0.1, 0.15) is 0 Å². The monoisotopic (exact) mass is 1200 g/mol. The van der Waals surface area contributed by atoms with Crippen molar-refractivity contribution >= 4 is 75.1 Å². The fraction of sp³-hybridized carbons (Fsp3) is 0.263. The molecular formula is C76H80N6P4. The largest absolute Gasteiger partial charge is 0.252 e. The maximum atomic E-state index is 3.08. The topological polar surface area (TPSA) is 19.4 Å². The van der Waals surface area contributed by atoms with Crippen LogP contribution in [0.2, 0.25) is 0 Å². The summed E-state index contributed by atoms with van der Waals surface area (Å²) < 4.78 is 5.95. The van der Waals surface area contributed by atoms with Gasteiger partial charge in [-0.1, -0.05) is 206 Å². The standard InChI is InChI=1S/C76H80N6P4/c1-7-42-82(86-73(60-27-12-8-13-28-60)78-43-22-23-44-79(78)74(86)61-29-14-9-15-30-61)84(70-48-55(2)47-56(3)49-70)71-50-57(4)72(58(5)51-71)65-39-37-64-54-67(41-38-63(64)52-65)76-81-46-25-24-45-80(81)75(66-40-36-59-26-20-21-31-62(59)53-66)85(76)77(6)83(68-32-16-10-17-33-68)69-34-18-11-19-35-69/h8-21,26-41,47-54,73-76H,7,22-25,42-46H2,1-6H3/t73-,74-,75-,76-,84?,85?/m1/s1. The highest BCUT2D eigenvalue weighted by atomic mass is 31.2. The summed E-state index contributed by atoms with van der Waals surface area (Å²) in [5.74, 6) is 1.01. The molecule has 14 rings (SSSR count). The Kier molecular flexibility index (Phi) is 17.1. The first-order valence-corrected chi connectivity index (χ1v) is 36.8. The molecule has 0 radical (unpaired) electrons. The van der Waals surface area contributed by atoms with Crippen molar-refractivity contribution in [3.05, 3.63) is 275 Å². The molecule has 2 unspecified atom stereocenters. The fourth-order valence-electron chi connectivity index (χ4n) is 14.8. The van der Waals surface area contributed by atoms with Crippen LogP contribution in [0, 0.1) is 27.7 Å². The minimum atomic E-state index is -0.947. The summed E-state index contributed by atoms with van der Waals surface area (Å²) in [5, 5.41) is 22.2. The van der Waals surface area contributed by atoms with E-state index in [-0.39, 0.29) is 23.1 Å². The third kappa shape index (κ3) is 11.1. The van der Waals surface area contributed by atoms with E-state index in [1.165, 1.54) is 124 Å². The maximum absolute atomic E-state index is 3.08. The van der Waals surface area contributed by atoms with Gasteiger partial charge in [0.25, 0.3) is 0 Å². The summed E-state index contributed by atoms with van der Waals surface area (Å²) in [5.41, 5.74) is 13.8. The van der Waals surface area contributed by atoms with Crippen molar-refractivity contribution in [2.24, 2.45) is 0 Å². The zero-order valence-corrected chi connectivity index (χ0v) is 54.4. The van der Waals surface area contributed by atoms with E-state index in [2.05, 4.69) is 301 Å². The average molecular weight is 1200 g/mol. The Bertz CT molecular complexity index is 3860. The second kappa shape index (κ2) is 25.4. The van der Waals surface area contributed by atoms with E-state index in [9.17, 15) is 0 Å². The van der Waals surface area contributed by atoms with Gasteiger partial charge >= 0.3 is 0 Å². The highest BCUT2D eigenvalue weighted by Crippen LogP contribution is 2.77. The first kappa shape index (κ1) is 57.9. The minimum absolute atomic E-state index is 0.208. The number of hydrogen-bond acceptors (Lipinski definition) is 6. The van der Waals surface area contributed by atoms with E-state index in [4.69, 9.17) is 0 Å². The SMILES string of the molecule is CCCN(P(c1cc(C)cc(C)c1)c1cc(C)c(-c2ccc3cc([C@@H]4N5CCCCN5[C@@H](c5ccc6ccccc6c5)P4N(C)P(c4ccccc4)c4ccccc4)ccc3c2)c(C)c1)P1[C@H](c2ccccc2)N2CCCCN2[C@H]1c1ccccc1. The van der Waals surface area contributed by atoms with Gasteiger partial charge in [0, 0.05) is 65.0 Å². The molecule has 0 N–H and O–H groups in total. The van der Waals surface area contributed by atoms with Crippen LogP contribution in [0.25, 0.3) is 32.7 Å². The van der Waals surface area contributed by atoms with Gasteiger partial charge in [-0.25, -0.2) is 24.5 Å². The normalized spacial score (nSPS) is 21.0. The quantitative estimate of drug-likeness (QED) is 0.0946. The molecule has 4 aliphatic heterocycles. The summed E-state index contributed by atoms with van der Waals surface area (Å²) >= 11 is 0. The van der Waals surface area contributed by atoms with Crippen LogP contribution in [0.4, 0.5) is 0 Å². The minimum Gasteiger partial charge on any atom is -0.252 e. The third-order valence-corrected chi connectivity index (χ3v) is 30.6. The van der Waals surface area contributed by atoms with Crippen molar-refractivity contribution < 1.29 is 0 Å². The Morgan fingerprint density at radius 2 is 0.791 bits per heavy atom. The molecule has 4 saturated heterocycles. The van der Waals surface area contributed by atoms with E-state index in [1.807, 2.05) is 0 Å². The third-order valence-electron chi connectivity index (χ3n) is 18.3. The zero-order valence-electron chi connectivity index (χ0n) is 50.8. The molecule has 0 aromatic heterocycles. The van der Waals surface area contributed by atoms with Gasteiger partial charge in [0.15, 0.2) is 0 Å². The number of nitrogens with zero attached hydrogens (tertiary/aromatic N) is 6. The number of hydrazine groups is 2. The maximum Gasteiger partial charge on any atom is 0.0847 e. The fourth-order valence-corrected chi connectivity index (χ4v) is 29.3. The van der Waals surface area contributed by atoms with Crippen molar-refractivity contribution in [1.29, 1.82) is 0 Å². The Morgan fingerprint density at radius 1 is 0.384 bits per heavy atom. The van der Waals surface area contributed by atoms with E-state index in [0.29, 0.717) is 0 Å². The molecule has 10 heteroatoms. The second-order valence-electron chi connectivity index (χ2n) is 24.3. The van der Waals surface area contributed by atoms with Crippen molar-refractivity contribution in [2.75, 3.05) is 39.8 Å². The lowest BCUT2D eigenvalue weighted by Gasteiger charge is -2.42. The zero-order chi connectivity index (χ0) is 58.4. The molecule has 6 nitrogen and oxygen atoms in total. The molecule has 10 aromatic carbocycles. The van der Waals surface area contributed by atoms with Crippen molar-refractivity contribution in [3.8, 4) is 11.1 Å². The molecule has 0 amide bonds. The Morgan fingerprint density at radius 3 is 1.29 bits per heavy atom. The van der Waals surface area contributed by atoms with Gasteiger partial charge in [-0.2, -0.15) is 0 Å². The van der Waals surface area contributed by atoms with E-state index in [0.717, 1.165) is 39.1 Å². The van der Waals surface area contributed by atoms with E-state index in [1.54, 1.807) is 0 Å². The Labute approximate surface area is 516 Å². The number of aryl methyl sites for hydroxylation is 4. The predicted molar refractivity (Wildman–Crippen MR) is 372 cm³/mol. The molecule has 4 aliphatic rings. The molecule has 434 valence electrons. The van der Waals surface area contributed by atoms with Crippen molar-refractivity contribution in [1.82, 2.24) is 28.9 Å². The molecule has 86 heavy (non-hydrogen) atoms.